The zero-order valence-corrected chi connectivity index (χ0v) is 14.4. The van der Waals surface area contributed by atoms with Crippen LogP contribution in [0.15, 0.2) is 24.3 Å². The molecule has 0 aliphatic rings. The highest BCUT2D eigenvalue weighted by Gasteiger charge is 2.56. The number of hydrogen-bond acceptors (Lipinski definition) is 3. The van der Waals surface area contributed by atoms with Crippen LogP contribution in [-0.4, -0.2) is 0 Å². The third kappa shape index (κ3) is 5.02. The third-order valence-corrected chi connectivity index (χ3v) is 3.70. The molecule has 3 nitrogen and oxygen atoms in total. The van der Waals surface area contributed by atoms with Crippen molar-refractivity contribution in [3.05, 3.63) is 46.5 Å². The van der Waals surface area contributed by atoms with Gasteiger partial charge in [0.05, 0.1) is 22.4 Å². The number of anilines is 2. The van der Waals surface area contributed by atoms with Crippen molar-refractivity contribution in [1.29, 1.82) is 0 Å². The maximum Gasteiger partial charge on any atom is 0.420 e. The molecule has 172 valence electrons. The van der Waals surface area contributed by atoms with Crippen LogP contribution in [0.2, 0.25) is 0 Å². The first-order valence-corrected chi connectivity index (χ1v) is 7.57. The minimum atomic E-state index is -6.50. The molecule has 0 unspecified atom stereocenters. The largest absolute Gasteiger partial charge is 0.455 e. The zero-order valence-electron chi connectivity index (χ0n) is 14.4. The second kappa shape index (κ2) is 7.30. The lowest BCUT2D eigenvalue weighted by molar-refractivity contribution is -0.183. The number of rotatable bonds is 2. The Morgan fingerprint density at radius 2 is 1.03 bits per heavy atom. The van der Waals surface area contributed by atoms with Crippen molar-refractivity contribution in [3.8, 4) is 11.5 Å². The summed E-state index contributed by atoms with van der Waals surface area (Å²) >= 11 is 0. The summed E-state index contributed by atoms with van der Waals surface area (Å²) in [5, 5.41) is 0. The van der Waals surface area contributed by atoms with Crippen LogP contribution in [0.3, 0.4) is 0 Å². The van der Waals surface area contributed by atoms with Crippen LogP contribution < -0.4 is 16.2 Å². The van der Waals surface area contributed by atoms with Crippen LogP contribution in [0.4, 0.5) is 64.1 Å². The molecule has 0 atom stereocenters. The van der Waals surface area contributed by atoms with E-state index in [-0.39, 0.29) is 5.69 Å². The van der Waals surface area contributed by atoms with E-state index in [0.29, 0.717) is 6.07 Å². The topological polar surface area (TPSA) is 61.3 Å². The van der Waals surface area contributed by atoms with E-state index in [0.717, 1.165) is 12.1 Å². The predicted octanol–water partition coefficient (Wildman–Crippen LogP) is 6.72. The Morgan fingerprint density at radius 1 is 0.548 bits per heavy atom. The van der Waals surface area contributed by atoms with Gasteiger partial charge in [0.25, 0.3) is 0 Å². The van der Waals surface area contributed by atoms with Gasteiger partial charge in [-0.05, 0) is 24.3 Å². The first-order chi connectivity index (χ1) is 13.7. The van der Waals surface area contributed by atoms with Gasteiger partial charge in [0.15, 0.2) is 0 Å². The van der Waals surface area contributed by atoms with Crippen molar-refractivity contribution in [2.75, 3.05) is 11.5 Å². The highest BCUT2D eigenvalue weighted by atomic mass is 19.4. The molecule has 2 rings (SSSR count). The summed E-state index contributed by atoms with van der Waals surface area (Å²) in [6.07, 6.45) is -25.3. The summed E-state index contributed by atoms with van der Waals surface area (Å²) in [7, 11) is 0. The highest BCUT2D eigenvalue weighted by molar-refractivity contribution is 5.63. The van der Waals surface area contributed by atoms with Crippen molar-refractivity contribution in [3.63, 3.8) is 0 Å². The Labute approximate surface area is 164 Å². The Bertz CT molecular complexity index is 987. The molecule has 2 aromatic rings. The van der Waals surface area contributed by atoms with Crippen LogP contribution in [0, 0.1) is 0 Å². The SMILES string of the molecule is Nc1ccc(Oc2cc(C(F)(F)F)c(C(F)(F)F)c(C(F)(F)F)c2C(F)(F)F)c(N)c1. The van der Waals surface area contributed by atoms with Gasteiger partial charge in [0.1, 0.15) is 17.1 Å². The maximum atomic E-state index is 13.4. The molecule has 0 radical (unpaired) electrons. The summed E-state index contributed by atoms with van der Waals surface area (Å²) in [4.78, 5) is 0. The average Bonchev–Trinajstić information content (AvgIpc) is 2.52. The molecule has 0 saturated heterocycles. The van der Waals surface area contributed by atoms with Crippen LogP contribution >= 0.6 is 0 Å². The van der Waals surface area contributed by atoms with Gasteiger partial charge in [-0.1, -0.05) is 0 Å². The molecule has 0 fully saturated rings. The number of nitrogens with two attached hydrogens (primary N) is 2. The van der Waals surface area contributed by atoms with E-state index >= 15 is 0 Å². The molecule has 0 bridgehead atoms. The molecule has 0 spiro atoms. The number of halogens is 12. The standard InChI is InChI=1S/C16H8F12N2O/c17-13(18,19)6-4-9(31-8-2-1-5(29)3-7(8)30)11(15(23,24)25)12(16(26,27)28)10(6)14(20,21)22/h1-4H,29-30H2. The number of alkyl halides is 12. The van der Waals surface area contributed by atoms with E-state index in [4.69, 9.17) is 11.5 Å². The maximum absolute atomic E-state index is 13.4. The van der Waals surface area contributed by atoms with E-state index in [1.807, 2.05) is 0 Å². The van der Waals surface area contributed by atoms with Crippen molar-refractivity contribution in [1.82, 2.24) is 0 Å². The molecule has 0 aromatic heterocycles. The Morgan fingerprint density at radius 3 is 1.42 bits per heavy atom. The van der Waals surface area contributed by atoms with Crippen molar-refractivity contribution >= 4 is 11.4 Å². The summed E-state index contributed by atoms with van der Waals surface area (Å²) in [6.45, 7) is 0. The molecule has 4 N–H and O–H groups in total. The molecule has 0 aliphatic carbocycles. The van der Waals surface area contributed by atoms with Crippen LogP contribution in [0.25, 0.3) is 0 Å². The number of nitrogen functional groups attached to an aromatic ring is 2. The molecule has 2 aromatic carbocycles. The Kier molecular flexibility index (Phi) is 5.72. The molecule has 0 heterocycles. The normalized spacial score (nSPS) is 13.4. The first-order valence-electron chi connectivity index (χ1n) is 7.57. The number of benzene rings is 2. The van der Waals surface area contributed by atoms with Crippen LogP contribution in [-0.2, 0) is 24.7 Å². The van der Waals surface area contributed by atoms with E-state index in [1.54, 1.807) is 0 Å². The fourth-order valence-corrected chi connectivity index (χ4v) is 2.60. The van der Waals surface area contributed by atoms with Crippen molar-refractivity contribution in [2.24, 2.45) is 0 Å². The molecule has 0 saturated carbocycles. The zero-order chi connectivity index (χ0) is 24.2. The Hall–Kier alpha value is -3.00. The lowest BCUT2D eigenvalue weighted by Crippen LogP contribution is -2.28. The van der Waals surface area contributed by atoms with E-state index in [1.165, 1.54) is 0 Å². The molecule has 31 heavy (non-hydrogen) atoms. The van der Waals surface area contributed by atoms with E-state index < -0.39 is 70.2 Å². The lowest BCUT2D eigenvalue weighted by Gasteiger charge is -2.26. The van der Waals surface area contributed by atoms with Gasteiger partial charge in [-0.3, -0.25) is 0 Å². The van der Waals surface area contributed by atoms with Gasteiger partial charge >= 0.3 is 24.7 Å². The predicted molar refractivity (Wildman–Crippen MR) is 81.8 cm³/mol. The Balaban J connectivity index is 3.06. The van der Waals surface area contributed by atoms with Gasteiger partial charge in [0, 0.05) is 5.69 Å². The van der Waals surface area contributed by atoms with Crippen LogP contribution in [0.5, 0.6) is 11.5 Å². The van der Waals surface area contributed by atoms with E-state index in [2.05, 4.69) is 4.74 Å². The molecular weight excluding hydrogens is 464 g/mol. The van der Waals surface area contributed by atoms with Gasteiger partial charge in [-0.2, -0.15) is 52.7 Å². The quantitative estimate of drug-likeness (QED) is 0.377. The van der Waals surface area contributed by atoms with Gasteiger partial charge < -0.3 is 16.2 Å². The van der Waals surface area contributed by atoms with E-state index in [9.17, 15) is 52.7 Å². The summed E-state index contributed by atoms with van der Waals surface area (Å²) in [6, 6.07) is 1.68. The monoisotopic (exact) mass is 472 g/mol. The molecular formula is C16H8F12N2O. The second-order valence-electron chi connectivity index (χ2n) is 5.94. The third-order valence-electron chi connectivity index (χ3n) is 3.70. The molecule has 0 amide bonds. The highest BCUT2D eigenvalue weighted by Crippen LogP contribution is 2.54. The lowest BCUT2D eigenvalue weighted by atomic mass is 9.92. The van der Waals surface area contributed by atoms with Gasteiger partial charge in [-0.25, -0.2) is 0 Å². The summed E-state index contributed by atoms with van der Waals surface area (Å²) in [5.74, 6) is -3.06. The summed E-state index contributed by atoms with van der Waals surface area (Å²) < 4.78 is 164. The van der Waals surface area contributed by atoms with Gasteiger partial charge in [0.2, 0.25) is 0 Å². The summed E-state index contributed by atoms with van der Waals surface area (Å²) in [5.41, 5.74) is -3.28. The average molecular weight is 472 g/mol. The molecule has 0 aliphatic heterocycles. The fourth-order valence-electron chi connectivity index (χ4n) is 2.60. The van der Waals surface area contributed by atoms with Crippen LogP contribution in [0.1, 0.15) is 22.3 Å². The number of ether oxygens (including phenoxy) is 1. The molecule has 15 heteroatoms. The minimum absolute atomic E-state index is 0.0970. The minimum Gasteiger partial charge on any atom is -0.455 e. The second-order valence-corrected chi connectivity index (χ2v) is 5.94. The van der Waals surface area contributed by atoms with Crippen molar-refractivity contribution < 1.29 is 57.4 Å². The van der Waals surface area contributed by atoms with Crippen molar-refractivity contribution in [2.45, 2.75) is 24.7 Å². The first kappa shape index (κ1) is 24.3. The smallest absolute Gasteiger partial charge is 0.420 e. The number of hydrogen-bond donors (Lipinski definition) is 2. The van der Waals surface area contributed by atoms with Gasteiger partial charge in [-0.15, -0.1) is 0 Å². The fraction of sp³-hybridized carbons (Fsp3) is 0.250.